The Labute approximate surface area is 70.8 Å². The van der Waals surface area contributed by atoms with Crippen LogP contribution >= 0.6 is 0 Å². The third-order valence-electron chi connectivity index (χ3n) is 1.78. The van der Waals surface area contributed by atoms with Crippen LogP contribution in [0, 0.1) is 26.2 Å². The molecule has 0 aliphatic rings. The van der Waals surface area contributed by atoms with E-state index < -0.39 is 0 Å². The van der Waals surface area contributed by atoms with E-state index >= 15 is 0 Å². The number of rotatable bonds is 0. The minimum Gasteiger partial charge on any atom is -0.336 e. The molecule has 0 atom stereocenters. The van der Waals surface area contributed by atoms with Gasteiger partial charge in [-0.1, -0.05) is 5.92 Å². The molecule has 0 radical (unpaired) electrons. The van der Waals surface area contributed by atoms with Gasteiger partial charge < -0.3 is 5.84 Å². The second kappa shape index (κ2) is 2.74. The van der Waals surface area contributed by atoms with E-state index in [0.717, 1.165) is 10.2 Å². The van der Waals surface area contributed by atoms with Crippen molar-refractivity contribution in [1.29, 1.82) is 0 Å². The SMILES string of the molecule is C#Cc1c(C)cc(C)n(N)c1=O. The van der Waals surface area contributed by atoms with E-state index in [4.69, 9.17) is 12.3 Å². The van der Waals surface area contributed by atoms with Crippen molar-refractivity contribution < 1.29 is 0 Å². The van der Waals surface area contributed by atoms with Gasteiger partial charge >= 0.3 is 0 Å². The van der Waals surface area contributed by atoms with Crippen LogP contribution < -0.4 is 11.4 Å². The molecule has 62 valence electrons. The summed E-state index contributed by atoms with van der Waals surface area (Å²) in [6.07, 6.45) is 5.15. The number of aromatic nitrogens is 1. The average Bonchev–Trinajstić information content (AvgIpc) is 2.01. The molecule has 0 amide bonds. The van der Waals surface area contributed by atoms with Crippen molar-refractivity contribution in [3.05, 3.63) is 33.2 Å². The van der Waals surface area contributed by atoms with Gasteiger partial charge in [0.05, 0.1) is 5.56 Å². The summed E-state index contributed by atoms with van der Waals surface area (Å²) >= 11 is 0. The van der Waals surface area contributed by atoms with E-state index in [-0.39, 0.29) is 5.56 Å². The standard InChI is InChI=1S/C9H10N2O/c1-4-8-6(2)5-7(3)11(10)9(8)12/h1,5H,10H2,2-3H3. The maximum absolute atomic E-state index is 11.3. The smallest absolute Gasteiger partial charge is 0.284 e. The first-order valence-electron chi connectivity index (χ1n) is 3.53. The number of hydrogen-bond donors (Lipinski definition) is 1. The maximum Gasteiger partial charge on any atom is 0.284 e. The molecule has 0 aliphatic carbocycles. The second-order valence-electron chi connectivity index (χ2n) is 2.66. The summed E-state index contributed by atoms with van der Waals surface area (Å²) < 4.78 is 1.06. The fourth-order valence-corrected chi connectivity index (χ4v) is 1.08. The van der Waals surface area contributed by atoms with E-state index in [2.05, 4.69) is 5.92 Å². The zero-order valence-corrected chi connectivity index (χ0v) is 7.09. The normalized spacial score (nSPS) is 9.42. The van der Waals surface area contributed by atoms with Crippen LogP contribution in [0.25, 0.3) is 0 Å². The third-order valence-corrected chi connectivity index (χ3v) is 1.78. The number of hydrogen-bond acceptors (Lipinski definition) is 2. The highest BCUT2D eigenvalue weighted by Crippen LogP contribution is 2.02. The van der Waals surface area contributed by atoms with E-state index in [9.17, 15) is 4.79 Å². The van der Waals surface area contributed by atoms with Crippen LogP contribution in [0.4, 0.5) is 0 Å². The van der Waals surface area contributed by atoms with Crippen molar-refractivity contribution in [2.45, 2.75) is 13.8 Å². The Morgan fingerprint density at radius 3 is 2.67 bits per heavy atom. The fourth-order valence-electron chi connectivity index (χ4n) is 1.08. The lowest BCUT2D eigenvalue weighted by atomic mass is 10.1. The Morgan fingerprint density at radius 1 is 1.58 bits per heavy atom. The largest absolute Gasteiger partial charge is 0.336 e. The molecule has 0 aliphatic heterocycles. The van der Waals surface area contributed by atoms with E-state index in [0.29, 0.717) is 11.3 Å². The van der Waals surface area contributed by atoms with Crippen molar-refractivity contribution in [1.82, 2.24) is 4.68 Å². The first-order chi connectivity index (χ1) is 5.57. The highest BCUT2D eigenvalue weighted by Gasteiger charge is 2.04. The van der Waals surface area contributed by atoms with Gasteiger partial charge in [-0.15, -0.1) is 6.42 Å². The van der Waals surface area contributed by atoms with Crippen LogP contribution in [0.5, 0.6) is 0 Å². The summed E-state index contributed by atoms with van der Waals surface area (Å²) in [6, 6.07) is 1.79. The molecule has 0 saturated heterocycles. The van der Waals surface area contributed by atoms with E-state index in [1.807, 2.05) is 0 Å². The lowest BCUT2D eigenvalue weighted by molar-refractivity contribution is 0.875. The monoisotopic (exact) mass is 162 g/mol. The molecule has 2 N–H and O–H groups in total. The van der Waals surface area contributed by atoms with Crippen LogP contribution in [0.15, 0.2) is 10.9 Å². The molecule has 0 fully saturated rings. The van der Waals surface area contributed by atoms with E-state index in [1.165, 1.54) is 0 Å². The highest BCUT2D eigenvalue weighted by molar-refractivity contribution is 5.38. The summed E-state index contributed by atoms with van der Waals surface area (Å²) in [5.74, 6) is 7.75. The number of nitrogens with two attached hydrogens (primary N) is 1. The summed E-state index contributed by atoms with van der Waals surface area (Å²) in [5.41, 5.74) is 1.52. The molecule has 1 rings (SSSR count). The molecule has 1 aromatic heterocycles. The van der Waals surface area contributed by atoms with Crippen LogP contribution in [-0.4, -0.2) is 4.68 Å². The zero-order chi connectivity index (χ0) is 9.30. The Hall–Kier alpha value is -1.69. The average molecular weight is 162 g/mol. The lowest BCUT2D eigenvalue weighted by Gasteiger charge is -2.05. The summed E-state index contributed by atoms with van der Waals surface area (Å²) in [6.45, 7) is 3.55. The number of nitrogens with zero attached hydrogens (tertiary/aromatic N) is 1. The molecule has 0 saturated carbocycles. The van der Waals surface area contributed by atoms with Gasteiger partial charge in [0.2, 0.25) is 0 Å². The molecule has 0 aromatic carbocycles. The van der Waals surface area contributed by atoms with Crippen LogP contribution in [0.2, 0.25) is 0 Å². The van der Waals surface area contributed by atoms with Gasteiger partial charge in [-0.05, 0) is 25.5 Å². The van der Waals surface area contributed by atoms with Gasteiger partial charge in [0.15, 0.2) is 0 Å². The Bertz CT molecular complexity index is 410. The number of nitrogen functional groups attached to an aromatic ring is 1. The second-order valence-corrected chi connectivity index (χ2v) is 2.66. The molecule has 0 spiro atoms. The van der Waals surface area contributed by atoms with Crippen molar-refractivity contribution in [2.75, 3.05) is 5.84 Å². The predicted molar refractivity (Wildman–Crippen MR) is 48.3 cm³/mol. The first-order valence-corrected chi connectivity index (χ1v) is 3.53. The van der Waals surface area contributed by atoms with Gasteiger partial charge in [0.25, 0.3) is 5.56 Å². The van der Waals surface area contributed by atoms with Gasteiger partial charge in [0.1, 0.15) is 0 Å². The Kier molecular flexibility index (Phi) is 1.92. The van der Waals surface area contributed by atoms with Gasteiger partial charge in [-0.25, -0.2) is 4.68 Å². The van der Waals surface area contributed by atoms with Crippen molar-refractivity contribution in [2.24, 2.45) is 0 Å². The van der Waals surface area contributed by atoms with Gasteiger partial charge in [0, 0.05) is 5.69 Å². The van der Waals surface area contributed by atoms with Crippen LogP contribution in [0.3, 0.4) is 0 Å². The number of terminal acetylenes is 1. The van der Waals surface area contributed by atoms with Crippen molar-refractivity contribution in [3.8, 4) is 12.3 Å². The molecule has 1 heterocycles. The molecular weight excluding hydrogens is 152 g/mol. The molecule has 0 bridgehead atoms. The summed E-state index contributed by atoms with van der Waals surface area (Å²) in [5, 5.41) is 0. The van der Waals surface area contributed by atoms with Gasteiger partial charge in [-0.2, -0.15) is 0 Å². The number of aryl methyl sites for hydroxylation is 2. The number of pyridine rings is 1. The maximum atomic E-state index is 11.3. The molecule has 12 heavy (non-hydrogen) atoms. The first kappa shape index (κ1) is 8.41. The highest BCUT2D eigenvalue weighted by atomic mass is 16.1. The zero-order valence-electron chi connectivity index (χ0n) is 7.09. The molecular formula is C9H10N2O. The summed E-state index contributed by atoms with van der Waals surface area (Å²) in [7, 11) is 0. The predicted octanol–water partition coefficient (Wildman–Crippen LogP) is 0.160. The van der Waals surface area contributed by atoms with Crippen LogP contribution in [-0.2, 0) is 0 Å². The molecule has 3 heteroatoms. The Morgan fingerprint density at radius 2 is 2.17 bits per heavy atom. The summed E-state index contributed by atoms with van der Waals surface area (Å²) in [4.78, 5) is 11.3. The lowest BCUT2D eigenvalue weighted by Crippen LogP contribution is -2.31. The topological polar surface area (TPSA) is 48.0 Å². The van der Waals surface area contributed by atoms with Crippen LogP contribution in [0.1, 0.15) is 16.8 Å². The van der Waals surface area contributed by atoms with Gasteiger partial charge in [-0.3, -0.25) is 4.79 Å². The third kappa shape index (κ3) is 1.08. The molecule has 1 aromatic rings. The quantitative estimate of drug-likeness (QED) is 0.436. The molecule has 3 nitrogen and oxygen atoms in total. The molecule has 0 unspecified atom stereocenters. The Balaban J connectivity index is 3.66. The van der Waals surface area contributed by atoms with Crippen molar-refractivity contribution in [3.63, 3.8) is 0 Å². The van der Waals surface area contributed by atoms with Crippen molar-refractivity contribution >= 4 is 0 Å². The fraction of sp³-hybridized carbons (Fsp3) is 0.222. The van der Waals surface area contributed by atoms with E-state index in [1.54, 1.807) is 19.9 Å². The minimum atomic E-state index is -0.310. The minimum absolute atomic E-state index is 0.310.